The standard InChI is InChI=1S/C19H19FN2O3/c1-4-12(2)24-16-9-8-13(11-17(16)23-3)18-21-19(25-22-18)14-6-5-7-15(20)10-14/h5-12H,4H2,1-3H3. The Morgan fingerprint density at radius 3 is 2.68 bits per heavy atom. The normalized spacial score (nSPS) is 12.0. The van der Waals surface area contributed by atoms with Gasteiger partial charge in [0.1, 0.15) is 5.82 Å². The second-order valence-corrected chi connectivity index (χ2v) is 5.64. The van der Waals surface area contributed by atoms with Crippen LogP contribution in [-0.2, 0) is 0 Å². The van der Waals surface area contributed by atoms with E-state index < -0.39 is 0 Å². The average Bonchev–Trinajstić information content (AvgIpc) is 3.12. The first-order valence-corrected chi connectivity index (χ1v) is 8.05. The van der Waals surface area contributed by atoms with Crippen LogP contribution in [0.3, 0.4) is 0 Å². The summed E-state index contributed by atoms with van der Waals surface area (Å²) in [7, 11) is 1.58. The number of methoxy groups -OCH3 is 1. The van der Waals surface area contributed by atoms with Crippen molar-refractivity contribution in [3.8, 4) is 34.3 Å². The van der Waals surface area contributed by atoms with Gasteiger partial charge >= 0.3 is 0 Å². The highest BCUT2D eigenvalue weighted by Crippen LogP contribution is 2.33. The van der Waals surface area contributed by atoms with Crippen molar-refractivity contribution in [2.45, 2.75) is 26.4 Å². The molecule has 1 aromatic heterocycles. The molecule has 0 aliphatic heterocycles. The first-order chi connectivity index (χ1) is 12.1. The first kappa shape index (κ1) is 17.0. The molecule has 130 valence electrons. The molecule has 2 aromatic carbocycles. The van der Waals surface area contributed by atoms with Crippen LogP contribution in [0.15, 0.2) is 47.0 Å². The average molecular weight is 342 g/mol. The van der Waals surface area contributed by atoms with Gasteiger partial charge in [-0.3, -0.25) is 0 Å². The number of nitrogens with zero attached hydrogens (tertiary/aromatic N) is 2. The number of halogens is 1. The third kappa shape index (κ3) is 3.79. The minimum atomic E-state index is -0.356. The molecule has 6 heteroatoms. The summed E-state index contributed by atoms with van der Waals surface area (Å²) in [4.78, 5) is 4.33. The number of hydrogen-bond acceptors (Lipinski definition) is 5. The lowest BCUT2D eigenvalue weighted by molar-refractivity contribution is 0.207. The fraction of sp³-hybridized carbons (Fsp3) is 0.263. The molecule has 0 bridgehead atoms. The lowest BCUT2D eigenvalue weighted by Gasteiger charge is -2.15. The Morgan fingerprint density at radius 2 is 1.96 bits per heavy atom. The fourth-order valence-electron chi connectivity index (χ4n) is 2.28. The van der Waals surface area contributed by atoms with Gasteiger partial charge in [0.2, 0.25) is 5.82 Å². The first-order valence-electron chi connectivity index (χ1n) is 8.05. The molecule has 1 heterocycles. The Balaban J connectivity index is 1.89. The summed E-state index contributed by atoms with van der Waals surface area (Å²) in [6, 6.07) is 11.5. The molecule has 3 aromatic rings. The van der Waals surface area contributed by atoms with Crippen LogP contribution in [0.25, 0.3) is 22.8 Å². The summed E-state index contributed by atoms with van der Waals surface area (Å²) in [6.45, 7) is 4.05. The molecule has 0 saturated heterocycles. The SMILES string of the molecule is CCC(C)Oc1ccc(-c2noc(-c3cccc(F)c3)n2)cc1OC. The molecule has 25 heavy (non-hydrogen) atoms. The second kappa shape index (κ2) is 7.34. The second-order valence-electron chi connectivity index (χ2n) is 5.64. The van der Waals surface area contributed by atoms with Gasteiger partial charge in [-0.25, -0.2) is 4.39 Å². The molecule has 0 radical (unpaired) electrons. The van der Waals surface area contributed by atoms with E-state index in [1.807, 2.05) is 19.1 Å². The van der Waals surface area contributed by atoms with Gasteiger partial charge in [0.05, 0.1) is 13.2 Å². The van der Waals surface area contributed by atoms with Crippen molar-refractivity contribution in [2.75, 3.05) is 7.11 Å². The highest BCUT2D eigenvalue weighted by atomic mass is 19.1. The molecule has 0 N–H and O–H groups in total. The van der Waals surface area contributed by atoms with Crippen molar-refractivity contribution in [3.63, 3.8) is 0 Å². The van der Waals surface area contributed by atoms with Crippen molar-refractivity contribution in [1.29, 1.82) is 0 Å². The minimum absolute atomic E-state index is 0.0875. The van der Waals surface area contributed by atoms with Crippen molar-refractivity contribution >= 4 is 0 Å². The van der Waals surface area contributed by atoms with Crippen LogP contribution in [-0.4, -0.2) is 23.4 Å². The van der Waals surface area contributed by atoms with Crippen LogP contribution in [0.2, 0.25) is 0 Å². The molecule has 0 aliphatic carbocycles. The number of hydrogen-bond donors (Lipinski definition) is 0. The Morgan fingerprint density at radius 1 is 1.12 bits per heavy atom. The lowest BCUT2D eigenvalue weighted by atomic mass is 10.2. The number of rotatable bonds is 6. The Labute approximate surface area is 145 Å². The monoisotopic (exact) mass is 342 g/mol. The van der Waals surface area contributed by atoms with Crippen LogP contribution in [0, 0.1) is 5.82 Å². The van der Waals surface area contributed by atoms with Crippen molar-refractivity contribution in [3.05, 3.63) is 48.3 Å². The van der Waals surface area contributed by atoms with Gasteiger partial charge in [-0.05, 0) is 49.7 Å². The predicted octanol–water partition coefficient (Wildman–Crippen LogP) is 4.73. The van der Waals surface area contributed by atoms with E-state index in [1.165, 1.54) is 12.1 Å². The highest BCUT2D eigenvalue weighted by molar-refractivity contribution is 5.63. The van der Waals surface area contributed by atoms with E-state index in [0.29, 0.717) is 22.9 Å². The summed E-state index contributed by atoms with van der Waals surface area (Å²) in [5, 5.41) is 3.97. The molecule has 1 unspecified atom stereocenters. The molecular weight excluding hydrogens is 323 g/mol. The summed E-state index contributed by atoms with van der Waals surface area (Å²) < 4.78 is 29.8. The molecule has 0 saturated carbocycles. The maximum Gasteiger partial charge on any atom is 0.258 e. The van der Waals surface area contributed by atoms with Crippen LogP contribution < -0.4 is 9.47 Å². The van der Waals surface area contributed by atoms with E-state index in [1.54, 1.807) is 25.3 Å². The summed E-state index contributed by atoms with van der Waals surface area (Å²) in [5.74, 6) is 1.55. The van der Waals surface area contributed by atoms with E-state index in [-0.39, 0.29) is 17.8 Å². The summed E-state index contributed by atoms with van der Waals surface area (Å²) in [5.41, 5.74) is 1.25. The number of ether oxygens (including phenoxy) is 2. The van der Waals surface area contributed by atoms with Crippen LogP contribution in [0.5, 0.6) is 11.5 Å². The molecule has 0 aliphatic rings. The fourth-order valence-corrected chi connectivity index (χ4v) is 2.28. The van der Waals surface area contributed by atoms with Crippen molar-refractivity contribution in [2.24, 2.45) is 0 Å². The predicted molar refractivity (Wildman–Crippen MR) is 92.1 cm³/mol. The summed E-state index contributed by atoms with van der Waals surface area (Å²) in [6.07, 6.45) is 0.983. The quantitative estimate of drug-likeness (QED) is 0.648. The molecule has 1 atom stereocenters. The van der Waals surface area contributed by atoms with E-state index in [4.69, 9.17) is 14.0 Å². The van der Waals surface area contributed by atoms with Gasteiger partial charge in [0.25, 0.3) is 5.89 Å². The zero-order valence-electron chi connectivity index (χ0n) is 14.3. The van der Waals surface area contributed by atoms with Gasteiger partial charge in [0, 0.05) is 11.1 Å². The van der Waals surface area contributed by atoms with Crippen molar-refractivity contribution < 1.29 is 18.4 Å². The largest absolute Gasteiger partial charge is 0.493 e. The van der Waals surface area contributed by atoms with Crippen LogP contribution >= 0.6 is 0 Å². The van der Waals surface area contributed by atoms with Gasteiger partial charge < -0.3 is 14.0 Å². The van der Waals surface area contributed by atoms with E-state index in [2.05, 4.69) is 17.1 Å². The smallest absolute Gasteiger partial charge is 0.258 e. The zero-order valence-corrected chi connectivity index (χ0v) is 14.3. The van der Waals surface area contributed by atoms with Gasteiger partial charge in [0.15, 0.2) is 11.5 Å². The molecule has 0 spiro atoms. The Kier molecular flexibility index (Phi) is 4.97. The third-order valence-corrected chi connectivity index (χ3v) is 3.82. The van der Waals surface area contributed by atoms with E-state index >= 15 is 0 Å². The molecule has 0 amide bonds. The summed E-state index contributed by atoms with van der Waals surface area (Å²) >= 11 is 0. The lowest BCUT2D eigenvalue weighted by Crippen LogP contribution is -2.10. The van der Waals surface area contributed by atoms with Crippen molar-refractivity contribution in [1.82, 2.24) is 10.1 Å². The Bertz CT molecular complexity index is 863. The molecular formula is C19H19FN2O3. The van der Waals surface area contributed by atoms with Crippen LogP contribution in [0.4, 0.5) is 4.39 Å². The Hall–Kier alpha value is -2.89. The van der Waals surface area contributed by atoms with E-state index in [0.717, 1.165) is 12.0 Å². The van der Waals surface area contributed by atoms with Crippen LogP contribution in [0.1, 0.15) is 20.3 Å². The maximum absolute atomic E-state index is 13.3. The molecule has 0 fully saturated rings. The highest BCUT2D eigenvalue weighted by Gasteiger charge is 2.15. The van der Waals surface area contributed by atoms with E-state index in [9.17, 15) is 4.39 Å². The van der Waals surface area contributed by atoms with Gasteiger partial charge in [-0.15, -0.1) is 0 Å². The minimum Gasteiger partial charge on any atom is -0.493 e. The van der Waals surface area contributed by atoms with Gasteiger partial charge in [-0.1, -0.05) is 18.1 Å². The maximum atomic E-state index is 13.3. The number of aromatic nitrogens is 2. The molecule has 5 nitrogen and oxygen atoms in total. The third-order valence-electron chi connectivity index (χ3n) is 3.82. The molecule has 3 rings (SSSR count). The zero-order chi connectivity index (χ0) is 17.8. The topological polar surface area (TPSA) is 57.4 Å². The number of benzene rings is 2. The van der Waals surface area contributed by atoms with Gasteiger partial charge in [-0.2, -0.15) is 4.98 Å².